The monoisotopic (exact) mass is 271 g/mol. The molecular formula is C9H21NO6S. The molecule has 0 fully saturated rings. The zero-order valence-electron chi connectivity index (χ0n) is 10.3. The predicted molar refractivity (Wildman–Crippen MR) is 64.3 cm³/mol. The van der Waals surface area contributed by atoms with Gasteiger partial charge < -0.3 is 16.0 Å². The summed E-state index contributed by atoms with van der Waals surface area (Å²) in [5.74, 6) is -0.697. The molecule has 1 atom stereocenters. The molecule has 0 aromatic rings. The molecule has 5 N–H and O–H groups in total. The molecule has 8 heteroatoms. The summed E-state index contributed by atoms with van der Waals surface area (Å²) in [6, 6.07) is 0. The van der Waals surface area contributed by atoms with Gasteiger partial charge in [-0.15, -0.1) is 0 Å². The van der Waals surface area contributed by atoms with Gasteiger partial charge in [-0.2, -0.15) is 8.42 Å². The summed E-state index contributed by atoms with van der Waals surface area (Å²) >= 11 is 0. The van der Waals surface area contributed by atoms with E-state index in [1.165, 1.54) is 13.8 Å². The number of carbonyl (C=O) groups excluding carboxylic acids is 1. The van der Waals surface area contributed by atoms with E-state index in [9.17, 15) is 13.2 Å². The van der Waals surface area contributed by atoms with Crippen LogP contribution < -0.4 is 6.15 Å². The Balaban J connectivity index is -0.000000224. The zero-order chi connectivity index (χ0) is 13.4. The number of rotatable bonds is 4. The van der Waals surface area contributed by atoms with Gasteiger partial charge in [0.05, 0.1) is 5.75 Å². The molecule has 0 heterocycles. The SMILES string of the molecule is C=C(C)C(=O)OC(C)O.CCCS(=O)(=O)O.N. The van der Waals surface area contributed by atoms with E-state index in [-0.39, 0.29) is 17.5 Å². The second kappa shape index (κ2) is 10.2. The van der Waals surface area contributed by atoms with Crippen LogP contribution in [0, 0.1) is 0 Å². The number of hydrogen-bond donors (Lipinski definition) is 3. The van der Waals surface area contributed by atoms with E-state index in [1.807, 2.05) is 0 Å². The fourth-order valence-corrected chi connectivity index (χ4v) is 1.03. The van der Waals surface area contributed by atoms with Crippen LogP contribution in [0.2, 0.25) is 0 Å². The number of aliphatic hydroxyl groups excluding tert-OH is 1. The Morgan fingerprint density at radius 1 is 1.47 bits per heavy atom. The quantitative estimate of drug-likeness (QED) is 0.299. The van der Waals surface area contributed by atoms with Crippen LogP contribution in [-0.4, -0.2) is 36.1 Å². The van der Waals surface area contributed by atoms with Gasteiger partial charge in [0.2, 0.25) is 0 Å². The number of esters is 1. The predicted octanol–water partition coefficient (Wildman–Crippen LogP) is 0.890. The van der Waals surface area contributed by atoms with Gasteiger partial charge >= 0.3 is 5.97 Å². The lowest BCUT2D eigenvalue weighted by molar-refractivity contribution is -0.159. The minimum absolute atomic E-state index is 0. The fraction of sp³-hybridized carbons (Fsp3) is 0.667. The topological polar surface area (TPSA) is 136 Å². The van der Waals surface area contributed by atoms with Crippen LogP contribution >= 0.6 is 0 Å². The van der Waals surface area contributed by atoms with Crippen molar-refractivity contribution in [1.29, 1.82) is 0 Å². The van der Waals surface area contributed by atoms with Crippen LogP contribution in [0.25, 0.3) is 0 Å². The van der Waals surface area contributed by atoms with Gasteiger partial charge in [0.25, 0.3) is 10.1 Å². The minimum atomic E-state index is -3.67. The van der Waals surface area contributed by atoms with Gasteiger partial charge in [-0.25, -0.2) is 4.79 Å². The average Bonchev–Trinajstić information content (AvgIpc) is 2.01. The van der Waals surface area contributed by atoms with Crippen LogP contribution in [0.5, 0.6) is 0 Å². The van der Waals surface area contributed by atoms with E-state index in [0.29, 0.717) is 6.42 Å². The van der Waals surface area contributed by atoms with Crippen molar-refractivity contribution >= 4 is 16.1 Å². The lowest BCUT2D eigenvalue weighted by atomic mass is 10.4. The first-order chi connectivity index (χ1) is 7.10. The van der Waals surface area contributed by atoms with Gasteiger partial charge in [0.15, 0.2) is 6.29 Å². The van der Waals surface area contributed by atoms with Crippen molar-refractivity contribution in [3.05, 3.63) is 12.2 Å². The Bertz CT molecular complexity index is 322. The van der Waals surface area contributed by atoms with Gasteiger partial charge in [0, 0.05) is 5.57 Å². The first-order valence-corrected chi connectivity index (χ1v) is 6.20. The lowest BCUT2D eigenvalue weighted by Gasteiger charge is -2.04. The maximum atomic E-state index is 10.5. The molecule has 0 aromatic heterocycles. The van der Waals surface area contributed by atoms with Crippen molar-refractivity contribution in [3.8, 4) is 0 Å². The van der Waals surface area contributed by atoms with Crippen molar-refractivity contribution in [1.82, 2.24) is 6.15 Å². The van der Waals surface area contributed by atoms with Crippen LogP contribution in [0.4, 0.5) is 0 Å². The summed E-state index contributed by atoms with van der Waals surface area (Å²) < 4.78 is 31.9. The highest BCUT2D eigenvalue weighted by Crippen LogP contribution is 1.94. The van der Waals surface area contributed by atoms with E-state index in [2.05, 4.69) is 11.3 Å². The molecule has 0 bridgehead atoms. The molecule has 0 aliphatic rings. The second-order valence-corrected chi connectivity index (χ2v) is 4.64. The van der Waals surface area contributed by atoms with E-state index < -0.39 is 22.4 Å². The number of ether oxygens (including phenoxy) is 1. The molecule has 0 saturated carbocycles. The van der Waals surface area contributed by atoms with Gasteiger partial charge in [-0.1, -0.05) is 13.5 Å². The van der Waals surface area contributed by atoms with Crippen molar-refractivity contribution in [3.63, 3.8) is 0 Å². The zero-order valence-corrected chi connectivity index (χ0v) is 11.2. The standard InChI is InChI=1S/C6H10O3.C3H8O3S.H3N/c1-4(2)6(8)9-5(3)7;1-2-3-7(4,5)6;/h5,7H,1H2,2-3H3;2-3H2,1H3,(H,4,5,6);1H3. The summed E-state index contributed by atoms with van der Waals surface area (Å²) in [4.78, 5) is 10.5. The fourth-order valence-electron chi connectivity index (χ4n) is 0.513. The third-order valence-electron chi connectivity index (χ3n) is 1.09. The molecule has 0 spiro atoms. The smallest absolute Gasteiger partial charge is 0.335 e. The molecule has 104 valence electrons. The normalized spacial score (nSPS) is 11.4. The lowest BCUT2D eigenvalue weighted by Crippen LogP contribution is -2.13. The van der Waals surface area contributed by atoms with Crippen molar-refractivity contribution < 1.29 is 27.6 Å². The first kappa shape index (κ1) is 21.3. The van der Waals surface area contributed by atoms with Crippen LogP contribution in [0.15, 0.2) is 12.2 Å². The molecule has 7 nitrogen and oxygen atoms in total. The molecule has 0 aliphatic carbocycles. The highest BCUT2D eigenvalue weighted by atomic mass is 32.2. The Hall–Kier alpha value is -0.960. The molecule has 0 rings (SSSR count). The number of hydrogen-bond acceptors (Lipinski definition) is 6. The van der Waals surface area contributed by atoms with Gasteiger partial charge in [0.1, 0.15) is 0 Å². The average molecular weight is 271 g/mol. The molecule has 1 unspecified atom stereocenters. The minimum Gasteiger partial charge on any atom is -0.433 e. The number of carbonyl (C=O) groups is 1. The Kier molecular flexibility index (Phi) is 12.8. The van der Waals surface area contributed by atoms with Crippen molar-refractivity contribution in [2.45, 2.75) is 33.5 Å². The maximum absolute atomic E-state index is 10.5. The first-order valence-electron chi connectivity index (χ1n) is 4.59. The second-order valence-electron chi connectivity index (χ2n) is 3.07. The van der Waals surface area contributed by atoms with Crippen molar-refractivity contribution in [2.24, 2.45) is 0 Å². The third-order valence-corrected chi connectivity index (χ3v) is 2.01. The third kappa shape index (κ3) is 21.0. The summed E-state index contributed by atoms with van der Waals surface area (Å²) in [5, 5.41) is 8.49. The molecule has 0 amide bonds. The summed E-state index contributed by atoms with van der Waals surface area (Å²) in [5.41, 5.74) is 0.288. The summed E-state index contributed by atoms with van der Waals surface area (Å²) in [7, 11) is -3.67. The van der Waals surface area contributed by atoms with Gasteiger partial charge in [-0.3, -0.25) is 4.55 Å². The molecule has 17 heavy (non-hydrogen) atoms. The van der Waals surface area contributed by atoms with Crippen molar-refractivity contribution in [2.75, 3.05) is 5.75 Å². The Morgan fingerprint density at radius 3 is 1.94 bits per heavy atom. The highest BCUT2D eigenvalue weighted by molar-refractivity contribution is 7.85. The van der Waals surface area contributed by atoms with E-state index in [1.54, 1.807) is 6.92 Å². The molecule has 0 aliphatic heterocycles. The van der Waals surface area contributed by atoms with E-state index in [4.69, 9.17) is 9.66 Å². The van der Waals surface area contributed by atoms with Crippen LogP contribution in [-0.2, 0) is 19.6 Å². The Morgan fingerprint density at radius 2 is 1.88 bits per heavy atom. The van der Waals surface area contributed by atoms with Crippen LogP contribution in [0.1, 0.15) is 27.2 Å². The number of aliphatic hydroxyl groups is 1. The molecule has 0 aromatic carbocycles. The Labute approximate surface area is 102 Å². The maximum Gasteiger partial charge on any atom is 0.335 e. The highest BCUT2D eigenvalue weighted by Gasteiger charge is 2.04. The molecular weight excluding hydrogens is 250 g/mol. The van der Waals surface area contributed by atoms with E-state index >= 15 is 0 Å². The van der Waals surface area contributed by atoms with E-state index in [0.717, 1.165) is 0 Å². The molecule has 0 radical (unpaired) electrons. The van der Waals surface area contributed by atoms with Crippen LogP contribution in [0.3, 0.4) is 0 Å². The largest absolute Gasteiger partial charge is 0.433 e. The summed E-state index contributed by atoms with van der Waals surface area (Å²) in [6.07, 6.45) is -0.576. The van der Waals surface area contributed by atoms with Gasteiger partial charge in [-0.05, 0) is 20.3 Å². The summed E-state index contributed by atoms with van der Waals surface area (Å²) in [6.45, 7) is 7.89. The molecule has 0 saturated heterocycles.